The number of guanidine groups is 1. The van der Waals surface area contributed by atoms with Crippen LogP contribution in [0.15, 0.2) is 4.99 Å². The number of imide groups is 1. The molecule has 0 aromatic rings. The van der Waals surface area contributed by atoms with Gasteiger partial charge in [-0.3, -0.25) is 48.7 Å². The van der Waals surface area contributed by atoms with Gasteiger partial charge in [0.2, 0.25) is 41.4 Å². The Bertz CT molecular complexity index is 1540. The lowest BCUT2D eigenvalue weighted by atomic mass is 10.0. The van der Waals surface area contributed by atoms with E-state index < -0.39 is 90.7 Å². The molecule has 5 atom stereocenters. The molecule has 372 valence electrons. The van der Waals surface area contributed by atoms with E-state index in [0.29, 0.717) is 6.42 Å². The van der Waals surface area contributed by atoms with E-state index in [9.17, 15) is 48.3 Å². The van der Waals surface area contributed by atoms with Gasteiger partial charge in [0.15, 0.2) is 5.96 Å². The number of hydrogen-bond donors (Lipinski definition) is 13. The first-order valence-corrected chi connectivity index (χ1v) is 23.3. The average molecular weight is 943 g/mol. The number of carbonyl (C=O) groups is 9. The molecule has 0 radical (unpaired) electrons. The van der Waals surface area contributed by atoms with Crippen molar-refractivity contribution < 1.29 is 48.3 Å². The van der Waals surface area contributed by atoms with E-state index in [4.69, 9.17) is 11.5 Å². The predicted octanol–water partition coefficient (Wildman–Crippen LogP) is -0.769. The summed E-state index contributed by atoms with van der Waals surface area (Å²) in [7, 11) is 3.60. The molecule has 0 heterocycles. The highest BCUT2D eigenvalue weighted by Gasteiger charge is 2.30. The molecule has 0 aliphatic rings. The van der Waals surface area contributed by atoms with E-state index in [1.165, 1.54) is 45.4 Å². The number of aliphatic hydroxyl groups excluding tert-OH is 1. The summed E-state index contributed by atoms with van der Waals surface area (Å²) in [5.74, 6) is -5.53. The number of nitrogens with two attached hydrogens (primary N) is 2. The first kappa shape index (κ1) is 59.8. The van der Waals surface area contributed by atoms with Crippen LogP contribution in [0, 0.1) is 5.92 Å². The molecule has 0 aromatic heterocycles. The van der Waals surface area contributed by atoms with Crippen LogP contribution in [0.4, 0.5) is 4.79 Å². The summed E-state index contributed by atoms with van der Waals surface area (Å²) in [4.78, 5) is 117. The topological polar surface area (TPSA) is 347 Å². The summed E-state index contributed by atoms with van der Waals surface area (Å²) in [6.07, 6.45) is 12.9. The molecule has 5 unspecified atom stereocenters. The van der Waals surface area contributed by atoms with Gasteiger partial charge in [-0.15, -0.1) is 0 Å². The molecular weight excluding hydrogens is 865 g/mol. The smallest absolute Gasteiger partial charge is 0.322 e. The summed E-state index contributed by atoms with van der Waals surface area (Å²) in [5, 5.41) is 31.9. The molecule has 14 N–H and O–H groups in total. The maximum atomic E-state index is 13.4. The van der Waals surface area contributed by atoms with Crippen molar-refractivity contribution in [2.75, 3.05) is 39.5 Å². The van der Waals surface area contributed by atoms with Gasteiger partial charge in [0, 0.05) is 33.5 Å². The van der Waals surface area contributed by atoms with E-state index >= 15 is 0 Å². The molecule has 0 aliphatic heterocycles. The van der Waals surface area contributed by atoms with E-state index in [1.54, 1.807) is 20.9 Å². The van der Waals surface area contributed by atoms with Gasteiger partial charge in [-0.1, -0.05) is 78.1 Å². The SMILES string of the molecule is CN=C(NC)NCCCCCCCCCCCCCCC(=O)NC(C)C(=O)NC(CCS)C(=O)NC(CCC(N)=O)C(=O)NC(=O)NC(CC(C)C)C(=O)NCC(=O)NC(CO)C(N)=O. The number of unbranched alkanes of at least 4 members (excludes halogenated alkanes) is 11. The number of aliphatic hydroxyl groups is 1. The number of primary amides is 2. The minimum absolute atomic E-state index is 0.0187. The van der Waals surface area contributed by atoms with Crippen molar-refractivity contribution in [3.63, 3.8) is 0 Å². The number of thiol groups is 1. The number of urea groups is 1. The second-order valence-corrected chi connectivity index (χ2v) is 16.7. The summed E-state index contributed by atoms with van der Waals surface area (Å²) >= 11 is 4.18. The third-order valence-electron chi connectivity index (χ3n) is 10.1. The molecule has 0 aromatic carbocycles. The third kappa shape index (κ3) is 29.8. The molecule has 10 amide bonds. The fraction of sp³-hybridized carbons (Fsp3) is 0.762. The van der Waals surface area contributed by atoms with Gasteiger partial charge in [0.1, 0.15) is 30.2 Å². The van der Waals surface area contributed by atoms with Crippen molar-refractivity contribution >= 4 is 71.9 Å². The molecular formula is C42H78N12O10S. The maximum Gasteiger partial charge on any atom is 0.322 e. The first-order valence-electron chi connectivity index (χ1n) is 22.6. The molecule has 0 saturated carbocycles. The van der Waals surface area contributed by atoms with Gasteiger partial charge < -0.3 is 59.1 Å². The van der Waals surface area contributed by atoms with Crippen molar-refractivity contribution in [2.45, 2.75) is 160 Å². The largest absolute Gasteiger partial charge is 0.394 e. The average Bonchev–Trinajstić information content (AvgIpc) is 3.24. The van der Waals surface area contributed by atoms with Crippen molar-refractivity contribution in [1.29, 1.82) is 0 Å². The van der Waals surface area contributed by atoms with E-state index in [-0.39, 0.29) is 49.7 Å². The number of carbonyl (C=O) groups excluding carboxylic acids is 9. The molecule has 0 spiro atoms. The molecule has 0 bridgehead atoms. The second kappa shape index (κ2) is 36.1. The highest BCUT2D eigenvalue weighted by molar-refractivity contribution is 7.80. The summed E-state index contributed by atoms with van der Waals surface area (Å²) in [6.45, 7) is 4.50. The van der Waals surface area contributed by atoms with Crippen LogP contribution in [-0.2, 0) is 38.4 Å². The minimum atomic E-state index is -1.50. The van der Waals surface area contributed by atoms with Crippen LogP contribution in [0.25, 0.3) is 0 Å². The molecule has 22 nitrogen and oxygen atoms in total. The molecule has 65 heavy (non-hydrogen) atoms. The molecule has 0 saturated heterocycles. The lowest BCUT2D eigenvalue weighted by Crippen LogP contribution is -2.58. The fourth-order valence-corrected chi connectivity index (χ4v) is 6.66. The Morgan fingerprint density at radius 3 is 1.66 bits per heavy atom. The zero-order valence-electron chi connectivity index (χ0n) is 39.0. The van der Waals surface area contributed by atoms with Gasteiger partial charge in [-0.05, 0) is 50.7 Å². The highest BCUT2D eigenvalue weighted by atomic mass is 32.1. The van der Waals surface area contributed by atoms with Crippen molar-refractivity contribution in [3.05, 3.63) is 0 Å². The van der Waals surface area contributed by atoms with Crippen LogP contribution in [-0.4, -0.2) is 134 Å². The van der Waals surface area contributed by atoms with Crippen LogP contribution >= 0.6 is 12.6 Å². The Hall–Kier alpha value is -5.19. The van der Waals surface area contributed by atoms with Crippen LogP contribution in [0.2, 0.25) is 0 Å². The Balaban J connectivity index is 4.98. The van der Waals surface area contributed by atoms with Crippen LogP contribution in [0.1, 0.15) is 130 Å². The zero-order chi connectivity index (χ0) is 49.2. The zero-order valence-corrected chi connectivity index (χ0v) is 39.9. The summed E-state index contributed by atoms with van der Waals surface area (Å²) in [6, 6.07) is -7.48. The van der Waals surface area contributed by atoms with Crippen molar-refractivity contribution in [3.8, 4) is 0 Å². The number of amides is 10. The highest BCUT2D eigenvalue weighted by Crippen LogP contribution is 2.13. The Morgan fingerprint density at radius 1 is 0.600 bits per heavy atom. The Kier molecular flexibility index (Phi) is 33.2. The second-order valence-electron chi connectivity index (χ2n) is 16.2. The summed E-state index contributed by atoms with van der Waals surface area (Å²) in [5.41, 5.74) is 10.4. The van der Waals surface area contributed by atoms with E-state index in [1.807, 2.05) is 12.4 Å². The van der Waals surface area contributed by atoms with Crippen LogP contribution in [0.5, 0.6) is 0 Å². The van der Waals surface area contributed by atoms with Gasteiger partial charge in [0.25, 0.3) is 5.91 Å². The number of rotatable bonds is 35. The lowest BCUT2D eigenvalue weighted by Gasteiger charge is -2.24. The fourth-order valence-electron chi connectivity index (χ4n) is 6.40. The van der Waals surface area contributed by atoms with Gasteiger partial charge in [-0.2, -0.15) is 12.6 Å². The predicted molar refractivity (Wildman–Crippen MR) is 250 cm³/mol. The molecule has 0 rings (SSSR count). The maximum absolute atomic E-state index is 13.4. The van der Waals surface area contributed by atoms with Gasteiger partial charge in [-0.25, -0.2) is 4.79 Å². The normalized spacial score (nSPS) is 13.5. The quantitative estimate of drug-likeness (QED) is 0.0161. The third-order valence-corrected chi connectivity index (χ3v) is 10.3. The monoisotopic (exact) mass is 943 g/mol. The number of hydrogen-bond acceptors (Lipinski definition) is 12. The number of nitrogens with one attached hydrogen (secondary N) is 9. The van der Waals surface area contributed by atoms with Gasteiger partial charge in [0.05, 0.1) is 13.2 Å². The first-order chi connectivity index (χ1) is 30.9. The lowest BCUT2D eigenvalue weighted by molar-refractivity contribution is -0.133. The standard InChI is InChI=1S/C42H78N12O10S/c1-27(2)24-31(38(61)48-25-35(58)50-32(26-55)36(44)59)53-42(64)54-40(63)29(19-20-33(43)56)52-39(62)30(21-23-65)51-37(60)28(3)49-34(57)18-16-14-12-10-8-6-7-9-11-13-15-17-22-47-41(45-4)46-5/h27-32,55,65H,6-26H2,1-5H3,(H2,43,56)(H2,44,59)(H,48,61)(H,49,57)(H,50,58)(H,51,60)(H,52,62)(H2,45,46,47)(H2,53,54,63,64). The minimum Gasteiger partial charge on any atom is -0.394 e. The summed E-state index contributed by atoms with van der Waals surface area (Å²) < 4.78 is 0. The van der Waals surface area contributed by atoms with Crippen LogP contribution in [0.3, 0.4) is 0 Å². The van der Waals surface area contributed by atoms with Crippen molar-refractivity contribution in [1.82, 2.24) is 47.9 Å². The Morgan fingerprint density at radius 2 is 1.15 bits per heavy atom. The van der Waals surface area contributed by atoms with E-state index in [2.05, 4.69) is 60.2 Å². The molecule has 23 heteroatoms. The van der Waals surface area contributed by atoms with Gasteiger partial charge >= 0.3 is 6.03 Å². The van der Waals surface area contributed by atoms with E-state index in [0.717, 1.165) is 44.6 Å². The number of aliphatic imine (C=N–C) groups is 1. The number of nitrogens with zero attached hydrogens (tertiary/aromatic N) is 1. The molecule has 0 aliphatic carbocycles. The van der Waals surface area contributed by atoms with Crippen molar-refractivity contribution in [2.24, 2.45) is 22.4 Å². The Labute approximate surface area is 389 Å². The molecule has 0 fully saturated rings. The van der Waals surface area contributed by atoms with Crippen LogP contribution < -0.4 is 59.3 Å².